The van der Waals surface area contributed by atoms with Crippen LogP contribution in [0.1, 0.15) is 0 Å². The number of amides is 2. The highest BCUT2D eigenvalue weighted by Crippen LogP contribution is 2.28. The van der Waals surface area contributed by atoms with Gasteiger partial charge in [-0.1, -0.05) is 42.1 Å². The predicted molar refractivity (Wildman–Crippen MR) is 126 cm³/mol. The molecule has 0 aliphatic carbocycles. The summed E-state index contributed by atoms with van der Waals surface area (Å²) < 4.78 is 13.8. The van der Waals surface area contributed by atoms with E-state index < -0.39 is 0 Å². The van der Waals surface area contributed by atoms with E-state index in [1.165, 1.54) is 36.0 Å². The van der Waals surface area contributed by atoms with Gasteiger partial charge < -0.3 is 10.2 Å². The van der Waals surface area contributed by atoms with Gasteiger partial charge in [-0.15, -0.1) is 11.3 Å². The monoisotopic (exact) mass is 470 g/mol. The zero-order valence-corrected chi connectivity index (χ0v) is 19.0. The van der Waals surface area contributed by atoms with Crippen LogP contribution in [0, 0.1) is 5.82 Å². The zero-order chi connectivity index (χ0) is 22.3. The zero-order valence-electron chi connectivity index (χ0n) is 17.4. The fourth-order valence-electron chi connectivity index (χ4n) is 3.37. The van der Waals surface area contributed by atoms with Gasteiger partial charge >= 0.3 is 0 Å². The number of benzene rings is 2. The minimum Gasteiger partial charge on any atom is -0.339 e. The molecule has 3 aromatic rings. The van der Waals surface area contributed by atoms with E-state index in [4.69, 9.17) is 0 Å². The summed E-state index contributed by atoms with van der Waals surface area (Å²) in [5.74, 6) is -0.0486. The lowest BCUT2D eigenvalue weighted by Gasteiger charge is -2.34. The first-order chi connectivity index (χ1) is 15.6. The minimum absolute atomic E-state index is 0.0851. The summed E-state index contributed by atoms with van der Waals surface area (Å²) in [5.41, 5.74) is 2.57. The summed E-state index contributed by atoms with van der Waals surface area (Å²) in [7, 11) is 0. The molecule has 6 nitrogen and oxygen atoms in total. The fraction of sp³-hybridized carbons (Fsp3) is 0.261. The van der Waals surface area contributed by atoms with Crippen molar-refractivity contribution in [3.05, 3.63) is 65.8 Å². The Hall–Kier alpha value is -2.75. The third-order valence-corrected chi connectivity index (χ3v) is 7.10. The molecule has 0 unspecified atom stereocenters. The van der Waals surface area contributed by atoms with Crippen LogP contribution >= 0.6 is 23.1 Å². The molecule has 2 aromatic carbocycles. The maximum atomic E-state index is 13.0. The van der Waals surface area contributed by atoms with Gasteiger partial charge in [-0.3, -0.25) is 14.5 Å². The van der Waals surface area contributed by atoms with Crippen molar-refractivity contribution in [3.8, 4) is 11.3 Å². The lowest BCUT2D eigenvalue weighted by atomic mass is 10.2. The smallest absolute Gasteiger partial charge is 0.238 e. The second-order valence-electron chi connectivity index (χ2n) is 7.37. The van der Waals surface area contributed by atoms with E-state index in [1.54, 1.807) is 11.3 Å². The van der Waals surface area contributed by atoms with E-state index >= 15 is 0 Å². The number of carbonyl (C=O) groups excluding carboxylic acids is 2. The maximum Gasteiger partial charge on any atom is 0.238 e. The number of nitrogens with zero attached hydrogens (tertiary/aromatic N) is 3. The topological polar surface area (TPSA) is 65.5 Å². The summed E-state index contributed by atoms with van der Waals surface area (Å²) in [5, 5.41) is 4.78. The average molecular weight is 471 g/mol. The van der Waals surface area contributed by atoms with Crippen molar-refractivity contribution >= 4 is 40.6 Å². The first-order valence-corrected chi connectivity index (χ1v) is 12.1. The molecular weight excluding hydrogens is 447 g/mol. The Morgan fingerprint density at radius 3 is 2.47 bits per heavy atom. The number of carbonyl (C=O) groups is 2. The molecule has 4 rings (SSSR count). The second kappa shape index (κ2) is 10.7. The Morgan fingerprint density at radius 2 is 1.75 bits per heavy atom. The number of halogens is 1. The molecule has 1 saturated heterocycles. The average Bonchev–Trinajstić information content (AvgIpc) is 3.29. The number of hydrogen-bond donors (Lipinski definition) is 1. The first-order valence-electron chi connectivity index (χ1n) is 10.3. The second-order valence-corrected chi connectivity index (χ2v) is 9.45. The SMILES string of the molecule is O=C(CN1CCN(C(=O)CSc2nc(-c3ccccc3)cs2)CC1)Nc1ccc(F)cc1. The van der Waals surface area contributed by atoms with Crippen LogP contribution in [-0.2, 0) is 9.59 Å². The summed E-state index contributed by atoms with van der Waals surface area (Å²) in [6.07, 6.45) is 0. The Morgan fingerprint density at radius 1 is 1.03 bits per heavy atom. The number of nitrogens with one attached hydrogen (secondary N) is 1. The Labute approximate surface area is 194 Å². The maximum absolute atomic E-state index is 13.0. The van der Waals surface area contributed by atoms with Gasteiger partial charge in [0.25, 0.3) is 0 Å². The van der Waals surface area contributed by atoms with Crippen LogP contribution in [0.3, 0.4) is 0 Å². The number of rotatable bonds is 7. The quantitative estimate of drug-likeness (QED) is 0.532. The van der Waals surface area contributed by atoms with Gasteiger partial charge in [0.2, 0.25) is 11.8 Å². The van der Waals surface area contributed by atoms with E-state index in [0.717, 1.165) is 15.6 Å². The number of piperazine rings is 1. The number of thioether (sulfide) groups is 1. The Bertz CT molecular complexity index is 1050. The molecule has 1 aliphatic heterocycles. The van der Waals surface area contributed by atoms with Crippen molar-refractivity contribution in [3.63, 3.8) is 0 Å². The molecule has 0 radical (unpaired) electrons. The number of anilines is 1. The summed E-state index contributed by atoms with van der Waals surface area (Å²) in [6, 6.07) is 15.7. The molecule has 0 atom stereocenters. The van der Waals surface area contributed by atoms with Crippen LogP contribution in [0.4, 0.5) is 10.1 Å². The predicted octanol–water partition coefficient (Wildman–Crippen LogP) is 3.82. The molecule has 1 aliphatic rings. The molecule has 2 heterocycles. The van der Waals surface area contributed by atoms with Crippen molar-refractivity contribution in [1.29, 1.82) is 0 Å². The van der Waals surface area contributed by atoms with Crippen molar-refractivity contribution in [2.75, 3.05) is 43.8 Å². The molecule has 2 amide bonds. The number of thiazole rings is 1. The van der Waals surface area contributed by atoms with Gasteiger partial charge in [0.05, 0.1) is 18.0 Å². The van der Waals surface area contributed by atoms with E-state index in [-0.39, 0.29) is 24.2 Å². The highest BCUT2D eigenvalue weighted by Gasteiger charge is 2.22. The van der Waals surface area contributed by atoms with E-state index in [2.05, 4.69) is 10.3 Å². The lowest BCUT2D eigenvalue weighted by Crippen LogP contribution is -2.50. The number of hydrogen-bond acceptors (Lipinski definition) is 6. The third kappa shape index (κ3) is 6.15. The van der Waals surface area contributed by atoms with Crippen LogP contribution in [-0.4, -0.2) is 65.1 Å². The highest BCUT2D eigenvalue weighted by molar-refractivity contribution is 8.01. The number of aromatic nitrogens is 1. The largest absolute Gasteiger partial charge is 0.339 e. The molecular formula is C23H23FN4O2S2. The van der Waals surface area contributed by atoms with E-state index in [0.29, 0.717) is 37.6 Å². The summed E-state index contributed by atoms with van der Waals surface area (Å²) >= 11 is 3.01. The van der Waals surface area contributed by atoms with Crippen LogP contribution in [0.15, 0.2) is 64.3 Å². The highest BCUT2D eigenvalue weighted by atomic mass is 32.2. The van der Waals surface area contributed by atoms with Gasteiger partial charge in [-0.05, 0) is 24.3 Å². The van der Waals surface area contributed by atoms with Crippen molar-refractivity contribution in [2.45, 2.75) is 4.34 Å². The molecule has 1 aromatic heterocycles. The van der Waals surface area contributed by atoms with Crippen LogP contribution in [0.25, 0.3) is 11.3 Å². The summed E-state index contributed by atoms with van der Waals surface area (Å²) in [4.78, 5) is 33.3. The third-order valence-electron chi connectivity index (χ3n) is 5.09. The minimum atomic E-state index is -0.339. The standard InChI is InChI=1S/C23H23FN4O2S2/c24-18-6-8-19(9-7-18)25-21(29)14-27-10-12-28(13-11-27)22(30)16-32-23-26-20(15-31-23)17-4-2-1-3-5-17/h1-9,15H,10-14,16H2,(H,25,29). The first kappa shape index (κ1) is 22.4. The normalized spacial score (nSPS) is 14.3. The molecule has 0 bridgehead atoms. The molecule has 32 heavy (non-hydrogen) atoms. The van der Waals surface area contributed by atoms with Gasteiger partial charge in [0, 0.05) is 42.8 Å². The Kier molecular flexibility index (Phi) is 7.51. The van der Waals surface area contributed by atoms with Crippen LogP contribution in [0.2, 0.25) is 0 Å². The van der Waals surface area contributed by atoms with Gasteiger partial charge in [-0.25, -0.2) is 9.37 Å². The molecule has 0 spiro atoms. The molecule has 9 heteroatoms. The molecule has 0 saturated carbocycles. The van der Waals surface area contributed by atoms with Crippen LogP contribution in [0.5, 0.6) is 0 Å². The molecule has 166 valence electrons. The summed E-state index contributed by atoms with van der Waals surface area (Å²) in [6.45, 7) is 2.72. The van der Waals surface area contributed by atoms with Crippen molar-refractivity contribution in [1.82, 2.24) is 14.8 Å². The van der Waals surface area contributed by atoms with Crippen molar-refractivity contribution < 1.29 is 14.0 Å². The molecule has 1 fully saturated rings. The Balaban J connectivity index is 1.19. The lowest BCUT2D eigenvalue weighted by molar-refractivity contribution is -0.130. The van der Waals surface area contributed by atoms with Crippen molar-refractivity contribution in [2.24, 2.45) is 0 Å². The van der Waals surface area contributed by atoms with Gasteiger partial charge in [-0.2, -0.15) is 0 Å². The van der Waals surface area contributed by atoms with Gasteiger partial charge in [0.1, 0.15) is 5.82 Å². The molecule has 1 N–H and O–H groups in total. The van der Waals surface area contributed by atoms with Gasteiger partial charge in [0.15, 0.2) is 4.34 Å². The van der Waals surface area contributed by atoms with E-state index in [9.17, 15) is 14.0 Å². The van der Waals surface area contributed by atoms with Crippen LogP contribution < -0.4 is 5.32 Å². The van der Waals surface area contributed by atoms with E-state index in [1.807, 2.05) is 45.5 Å². The fourth-order valence-corrected chi connectivity index (χ4v) is 5.11.